The zero-order chi connectivity index (χ0) is 4.12. The highest BCUT2D eigenvalue weighted by Crippen LogP contribution is 1.77. The molecule has 0 aliphatic heterocycles. The van der Waals surface area contributed by atoms with E-state index in [2.05, 4.69) is 13.8 Å². The molecule has 0 aromatic rings. The lowest BCUT2D eigenvalue weighted by atomic mass is 10.9. The zero-order valence-corrected chi connectivity index (χ0v) is 7.27. The van der Waals surface area contributed by atoms with Crippen molar-refractivity contribution in [2.45, 2.75) is 24.4 Å². The quantitative estimate of drug-likeness (QED) is 0.382. The smallest absolute Gasteiger partial charge is 0.153 e. The van der Waals surface area contributed by atoms with Crippen LogP contribution < -0.4 is 0 Å². The molecular formula is C4H13AlP. The second kappa shape index (κ2) is 9.35. The molecule has 0 aromatic heterocycles. The molecule has 0 saturated heterocycles. The Labute approximate surface area is 50.0 Å². The van der Waals surface area contributed by atoms with E-state index >= 15 is 0 Å². The highest BCUT2D eigenvalue weighted by Gasteiger charge is 1.74. The molecule has 0 rings (SSSR count). The van der Waals surface area contributed by atoms with Gasteiger partial charge in [0.2, 0.25) is 0 Å². The monoisotopic (exact) mass is 119 g/mol. The first kappa shape index (κ1) is 10.1. The van der Waals surface area contributed by atoms with Gasteiger partial charge in [-0.05, 0) is 0 Å². The molecule has 0 aliphatic rings. The van der Waals surface area contributed by atoms with Crippen LogP contribution in [0.15, 0.2) is 0 Å². The summed E-state index contributed by atoms with van der Waals surface area (Å²) in [6.07, 6.45) is 0. The Hall–Kier alpha value is 0.962. The van der Waals surface area contributed by atoms with E-state index in [0.29, 0.717) is 0 Å². The summed E-state index contributed by atoms with van der Waals surface area (Å²) >= 11 is 0.815. The van der Waals surface area contributed by atoms with E-state index < -0.39 is 0 Å². The Morgan fingerprint density at radius 3 is 1.50 bits per heavy atom. The van der Waals surface area contributed by atoms with E-state index in [9.17, 15) is 0 Å². The molecule has 37 valence electrons. The number of rotatable bonds is 2. The highest BCUT2D eigenvalue weighted by atomic mass is 31.0. The molecule has 1 unspecified atom stereocenters. The predicted molar refractivity (Wildman–Crippen MR) is 37.8 cm³/mol. The SMILES string of the molecule is C[CH2][Al][CH2]C.P. The first-order chi connectivity index (χ1) is 2.41. The van der Waals surface area contributed by atoms with Gasteiger partial charge in [0, 0.05) is 0 Å². The van der Waals surface area contributed by atoms with Crippen molar-refractivity contribution in [1.29, 1.82) is 0 Å². The van der Waals surface area contributed by atoms with Gasteiger partial charge in [0.25, 0.3) is 0 Å². The molecule has 0 spiro atoms. The average molecular weight is 119 g/mol. The average Bonchev–Trinajstić information content (AvgIpc) is 1.41. The lowest BCUT2D eigenvalue weighted by Crippen LogP contribution is -1.76. The van der Waals surface area contributed by atoms with Crippen LogP contribution in [0.3, 0.4) is 0 Å². The molecule has 2 heteroatoms. The van der Waals surface area contributed by atoms with Crippen molar-refractivity contribution in [3.8, 4) is 0 Å². The molecule has 0 N–H and O–H groups in total. The van der Waals surface area contributed by atoms with Gasteiger partial charge in [0.05, 0.1) is 0 Å². The molecule has 1 radical (unpaired) electrons. The van der Waals surface area contributed by atoms with E-state index in [1.165, 1.54) is 10.6 Å². The molecular weight excluding hydrogens is 106 g/mol. The molecule has 0 aliphatic carbocycles. The summed E-state index contributed by atoms with van der Waals surface area (Å²) < 4.78 is 0. The minimum atomic E-state index is 0. The van der Waals surface area contributed by atoms with Crippen LogP contribution >= 0.6 is 9.90 Å². The van der Waals surface area contributed by atoms with E-state index in [-0.39, 0.29) is 9.90 Å². The molecule has 0 aromatic carbocycles. The van der Waals surface area contributed by atoms with Gasteiger partial charge in [-0.2, -0.15) is 9.90 Å². The Balaban J connectivity index is 0. The summed E-state index contributed by atoms with van der Waals surface area (Å²) in [6.45, 7) is 4.50. The number of hydrogen-bond acceptors (Lipinski definition) is 0. The summed E-state index contributed by atoms with van der Waals surface area (Å²) in [6, 6.07) is 0. The Kier molecular flexibility index (Phi) is 15.7. The van der Waals surface area contributed by atoms with Crippen molar-refractivity contribution < 1.29 is 0 Å². The van der Waals surface area contributed by atoms with Crippen molar-refractivity contribution >= 4 is 25.1 Å². The summed E-state index contributed by atoms with van der Waals surface area (Å²) in [4.78, 5) is 0. The van der Waals surface area contributed by atoms with Crippen molar-refractivity contribution in [1.82, 2.24) is 0 Å². The van der Waals surface area contributed by atoms with Gasteiger partial charge >= 0.3 is 0 Å². The Morgan fingerprint density at radius 1 is 1.17 bits per heavy atom. The van der Waals surface area contributed by atoms with Crippen LogP contribution in [0.4, 0.5) is 0 Å². The van der Waals surface area contributed by atoms with Gasteiger partial charge < -0.3 is 0 Å². The highest BCUT2D eigenvalue weighted by molar-refractivity contribution is 6.92. The minimum absolute atomic E-state index is 0. The van der Waals surface area contributed by atoms with Gasteiger partial charge in [0.15, 0.2) is 15.2 Å². The molecule has 0 fully saturated rings. The Bertz CT molecular complexity index is 15.0. The maximum atomic E-state index is 2.25. The maximum absolute atomic E-state index is 2.25. The third-order valence-corrected chi connectivity index (χ3v) is 1.73. The maximum Gasteiger partial charge on any atom is 0.198 e. The van der Waals surface area contributed by atoms with Crippen LogP contribution in [0.2, 0.25) is 10.6 Å². The van der Waals surface area contributed by atoms with Crippen LogP contribution in [0.5, 0.6) is 0 Å². The lowest BCUT2D eigenvalue weighted by Gasteiger charge is -1.74. The van der Waals surface area contributed by atoms with Crippen LogP contribution in [0.1, 0.15) is 13.8 Å². The van der Waals surface area contributed by atoms with Gasteiger partial charge in [-0.15, -0.1) is 10.6 Å². The van der Waals surface area contributed by atoms with Crippen molar-refractivity contribution in [3.05, 3.63) is 0 Å². The van der Waals surface area contributed by atoms with Crippen LogP contribution in [-0.4, -0.2) is 15.2 Å². The van der Waals surface area contributed by atoms with Crippen LogP contribution in [0, 0.1) is 0 Å². The topological polar surface area (TPSA) is 0 Å². The van der Waals surface area contributed by atoms with E-state index in [0.717, 1.165) is 15.2 Å². The third-order valence-electron chi connectivity index (χ3n) is 0.577. The Morgan fingerprint density at radius 2 is 1.50 bits per heavy atom. The van der Waals surface area contributed by atoms with E-state index in [4.69, 9.17) is 0 Å². The molecule has 0 heterocycles. The van der Waals surface area contributed by atoms with Crippen LogP contribution in [0.25, 0.3) is 0 Å². The first-order valence-corrected chi connectivity index (χ1v) is 3.86. The zero-order valence-electron chi connectivity index (χ0n) is 4.70. The van der Waals surface area contributed by atoms with Gasteiger partial charge in [-0.25, -0.2) is 0 Å². The molecule has 6 heavy (non-hydrogen) atoms. The molecule has 0 amide bonds. The van der Waals surface area contributed by atoms with Crippen molar-refractivity contribution in [2.24, 2.45) is 0 Å². The van der Waals surface area contributed by atoms with Crippen molar-refractivity contribution in [2.75, 3.05) is 0 Å². The van der Waals surface area contributed by atoms with E-state index in [1.807, 2.05) is 0 Å². The van der Waals surface area contributed by atoms with Gasteiger partial charge in [-0.3, -0.25) is 0 Å². The summed E-state index contributed by atoms with van der Waals surface area (Å²) in [5.74, 6) is 0. The van der Waals surface area contributed by atoms with Crippen molar-refractivity contribution in [3.63, 3.8) is 0 Å². The second-order valence-electron chi connectivity index (χ2n) is 1.11. The fraction of sp³-hybridized carbons (Fsp3) is 1.00. The third kappa shape index (κ3) is 8.88. The predicted octanol–water partition coefficient (Wildman–Crippen LogP) is 1.63. The molecule has 1 atom stereocenters. The second-order valence-corrected chi connectivity index (χ2v) is 3.32. The largest absolute Gasteiger partial charge is 0.198 e. The minimum Gasteiger partial charge on any atom is -0.153 e. The van der Waals surface area contributed by atoms with E-state index in [1.54, 1.807) is 0 Å². The number of hydrogen-bond donors (Lipinski definition) is 0. The molecule has 0 saturated carbocycles. The molecule has 0 bridgehead atoms. The van der Waals surface area contributed by atoms with Gasteiger partial charge in [-0.1, -0.05) is 13.8 Å². The van der Waals surface area contributed by atoms with Gasteiger partial charge in [0.1, 0.15) is 0 Å². The fourth-order valence-electron chi connectivity index (χ4n) is 0.289. The summed E-state index contributed by atoms with van der Waals surface area (Å²) in [7, 11) is 0. The normalized spacial score (nSPS) is 6.33. The lowest BCUT2D eigenvalue weighted by molar-refractivity contribution is 1.36. The summed E-state index contributed by atoms with van der Waals surface area (Å²) in [5, 5.41) is 2.85. The molecule has 0 nitrogen and oxygen atoms in total. The first-order valence-electron chi connectivity index (χ1n) is 2.23. The fourth-order valence-corrected chi connectivity index (χ4v) is 0.866. The van der Waals surface area contributed by atoms with Crippen LogP contribution in [-0.2, 0) is 0 Å². The summed E-state index contributed by atoms with van der Waals surface area (Å²) in [5.41, 5.74) is 0. The standard InChI is InChI=1S/2C2H5.Al.H3P/c2*1-2;;/h2*1H2,2H3;;1H3.